The van der Waals surface area contributed by atoms with E-state index in [1.807, 2.05) is 30.3 Å². The molecule has 2 heterocycles. The Kier molecular flexibility index (Phi) is 6.84. The Balaban J connectivity index is 1.50. The van der Waals surface area contributed by atoms with Gasteiger partial charge in [0.2, 0.25) is 10.0 Å². The number of phenolic OH excluding ortho intramolecular Hbond substituents is 1. The van der Waals surface area contributed by atoms with Crippen LogP contribution in [0.3, 0.4) is 0 Å². The van der Waals surface area contributed by atoms with Crippen molar-refractivity contribution < 1.29 is 23.5 Å². The Morgan fingerprint density at radius 1 is 1.06 bits per heavy atom. The molecule has 2 aromatic heterocycles. The predicted octanol–water partition coefficient (Wildman–Crippen LogP) is 2.69. The molecule has 1 amide bonds. The molecule has 0 aliphatic rings. The number of nitrogens with zero attached hydrogens (tertiary/aromatic N) is 3. The van der Waals surface area contributed by atoms with Gasteiger partial charge < -0.3 is 5.11 Å². The van der Waals surface area contributed by atoms with E-state index >= 15 is 0 Å². The number of amides is 1. The summed E-state index contributed by atoms with van der Waals surface area (Å²) >= 11 is 1.15. The minimum atomic E-state index is -3.80. The van der Waals surface area contributed by atoms with Crippen LogP contribution < -0.4 is 10.2 Å². The molecule has 4 rings (SSSR count). The fourth-order valence-electron chi connectivity index (χ4n) is 2.98. The molecule has 0 saturated heterocycles. The highest BCUT2D eigenvalue weighted by Gasteiger charge is 2.19. The first kappa shape index (κ1) is 23.3. The highest BCUT2D eigenvalue weighted by atomic mass is 32.2. The van der Waals surface area contributed by atoms with Gasteiger partial charge in [-0.15, -0.1) is 16.4 Å². The van der Waals surface area contributed by atoms with Crippen molar-refractivity contribution in [1.82, 2.24) is 25.2 Å². The number of carbonyl (C=O) groups excluding carboxylic acids is 1. The second kappa shape index (κ2) is 9.97. The van der Waals surface area contributed by atoms with Crippen molar-refractivity contribution in [3.8, 4) is 16.2 Å². The van der Waals surface area contributed by atoms with E-state index in [-0.39, 0.29) is 27.9 Å². The van der Waals surface area contributed by atoms with Gasteiger partial charge in [-0.1, -0.05) is 47.7 Å². The third-order valence-electron chi connectivity index (χ3n) is 4.67. The molecule has 0 bridgehead atoms. The lowest BCUT2D eigenvalue weighted by molar-refractivity contribution is -0.123. The van der Waals surface area contributed by atoms with Gasteiger partial charge in [0.1, 0.15) is 15.7 Å². The number of hydroxylamine groups is 1. The normalized spacial score (nSPS) is 12.0. The van der Waals surface area contributed by atoms with Crippen molar-refractivity contribution in [2.24, 2.45) is 0 Å². The molecule has 4 aromatic rings. The van der Waals surface area contributed by atoms with Gasteiger partial charge in [-0.25, -0.2) is 23.3 Å². The maximum Gasteiger partial charge on any atom is 0.293 e. The molecule has 0 aliphatic heterocycles. The summed E-state index contributed by atoms with van der Waals surface area (Å²) < 4.78 is 29.2. The van der Waals surface area contributed by atoms with Gasteiger partial charge in [0.15, 0.2) is 0 Å². The fourth-order valence-corrected chi connectivity index (χ4v) is 5.34. The molecule has 0 fully saturated rings. The zero-order valence-electron chi connectivity index (χ0n) is 17.5. The van der Waals surface area contributed by atoms with E-state index in [1.165, 1.54) is 30.5 Å². The molecule has 0 aliphatic carbocycles. The van der Waals surface area contributed by atoms with Crippen molar-refractivity contribution in [1.29, 1.82) is 0 Å². The molecule has 34 heavy (non-hydrogen) atoms. The minimum absolute atomic E-state index is 0.0577. The third kappa shape index (κ3) is 5.38. The summed E-state index contributed by atoms with van der Waals surface area (Å²) in [4.78, 5) is 13.0. The first-order valence-corrected chi connectivity index (χ1v) is 12.2. The Bertz CT molecular complexity index is 1430. The van der Waals surface area contributed by atoms with Gasteiger partial charge in [-0.05, 0) is 41.5 Å². The van der Waals surface area contributed by atoms with E-state index < -0.39 is 15.9 Å². The van der Waals surface area contributed by atoms with Gasteiger partial charge in [0.25, 0.3) is 5.91 Å². The van der Waals surface area contributed by atoms with Crippen LogP contribution in [0.2, 0.25) is 0 Å². The molecule has 12 heteroatoms. The van der Waals surface area contributed by atoms with Crippen LogP contribution in [0.1, 0.15) is 11.3 Å². The molecule has 10 nitrogen and oxygen atoms in total. The number of phenols is 1. The third-order valence-corrected chi connectivity index (χ3v) is 7.69. The number of benzene rings is 2. The summed E-state index contributed by atoms with van der Waals surface area (Å²) in [6, 6.07) is 18.8. The van der Waals surface area contributed by atoms with Gasteiger partial charge in [-0.2, -0.15) is 0 Å². The molecule has 2 aromatic carbocycles. The van der Waals surface area contributed by atoms with Crippen LogP contribution in [0, 0.1) is 0 Å². The molecule has 0 unspecified atom stereocenters. The van der Waals surface area contributed by atoms with Crippen molar-refractivity contribution in [2.75, 3.05) is 0 Å². The quantitative estimate of drug-likeness (QED) is 0.166. The lowest BCUT2D eigenvalue weighted by Crippen LogP contribution is -2.23. The van der Waals surface area contributed by atoms with Crippen LogP contribution >= 0.6 is 11.3 Å². The summed E-state index contributed by atoms with van der Waals surface area (Å²) in [7, 11) is -3.80. The molecule has 0 atom stereocenters. The smallest absolute Gasteiger partial charge is 0.293 e. The number of sulfonamides is 1. The first-order valence-electron chi connectivity index (χ1n) is 9.87. The van der Waals surface area contributed by atoms with E-state index in [1.54, 1.807) is 23.7 Å². The van der Waals surface area contributed by atoms with Crippen LogP contribution in [0.5, 0.6) is 5.75 Å². The Hall–Kier alpha value is -3.84. The predicted molar refractivity (Wildman–Crippen MR) is 126 cm³/mol. The zero-order chi connectivity index (χ0) is 24.1. The molecular weight excluding hydrogens is 478 g/mol. The average molecular weight is 498 g/mol. The van der Waals surface area contributed by atoms with Gasteiger partial charge in [-0.3, -0.25) is 10.0 Å². The van der Waals surface area contributed by atoms with E-state index in [4.69, 9.17) is 5.21 Å². The lowest BCUT2D eigenvalue weighted by Gasteiger charge is -2.05. The fraction of sp³-hybridized carbons (Fsp3) is 0.0455. The van der Waals surface area contributed by atoms with Crippen LogP contribution in [-0.2, 0) is 21.4 Å². The molecule has 0 radical (unpaired) electrons. The van der Waals surface area contributed by atoms with Crippen molar-refractivity contribution in [3.05, 3.63) is 84.2 Å². The van der Waals surface area contributed by atoms with Crippen LogP contribution in [0.4, 0.5) is 0 Å². The Labute approximate surface area is 198 Å². The Morgan fingerprint density at radius 2 is 1.79 bits per heavy atom. The monoisotopic (exact) mass is 497 g/mol. The number of aromatic hydroxyl groups is 1. The number of thiophene rings is 1. The lowest BCUT2D eigenvalue weighted by atomic mass is 10.2. The van der Waals surface area contributed by atoms with Gasteiger partial charge >= 0.3 is 0 Å². The maximum absolute atomic E-state index is 12.7. The average Bonchev–Trinajstić information content (AvgIpc) is 3.53. The SMILES string of the molecule is O=C(NO)C(=Cc1ccc(O)cc1)n1cc(CNS(=O)(=O)c2ccc(-c3ccccc3)s2)nn1. The summed E-state index contributed by atoms with van der Waals surface area (Å²) in [6.45, 7) is -0.159. The topological polar surface area (TPSA) is 146 Å². The Morgan fingerprint density at radius 3 is 2.50 bits per heavy atom. The van der Waals surface area contributed by atoms with E-state index in [0.29, 0.717) is 5.56 Å². The molecular formula is C22H19N5O5S2. The van der Waals surface area contributed by atoms with Crippen LogP contribution in [0.25, 0.3) is 22.2 Å². The van der Waals surface area contributed by atoms with E-state index in [2.05, 4.69) is 15.0 Å². The van der Waals surface area contributed by atoms with Crippen molar-refractivity contribution in [3.63, 3.8) is 0 Å². The van der Waals surface area contributed by atoms with E-state index in [0.717, 1.165) is 26.5 Å². The minimum Gasteiger partial charge on any atom is -0.508 e. The second-order valence-electron chi connectivity index (χ2n) is 7.03. The molecule has 0 saturated carbocycles. The first-order chi connectivity index (χ1) is 16.4. The summed E-state index contributed by atoms with van der Waals surface area (Å²) in [5, 5.41) is 26.3. The van der Waals surface area contributed by atoms with Crippen LogP contribution in [-0.4, -0.2) is 39.6 Å². The van der Waals surface area contributed by atoms with E-state index in [9.17, 15) is 18.3 Å². The summed E-state index contributed by atoms with van der Waals surface area (Å²) in [6.07, 6.45) is 2.79. The number of hydrogen-bond donors (Lipinski definition) is 4. The molecule has 0 spiro atoms. The van der Waals surface area contributed by atoms with Crippen molar-refractivity contribution in [2.45, 2.75) is 10.8 Å². The number of hydrogen-bond acceptors (Lipinski definition) is 8. The highest BCUT2D eigenvalue weighted by molar-refractivity contribution is 7.91. The van der Waals surface area contributed by atoms with Gasteiger partial charge in [0.05, 0.1) is 18.4 Å². The standard InChI is InChI=1S/C22H19N5O5S2/c28-18-8-6-15(7-9-18)12-19(22(29)25-30)27-14-17(24-26-27)13-23-34(31,32)21-11-10-20(33-21)16-4-2-1-3-5-16/h1-12,14,23,28,30H,13H2,(H,25,29). The highest BCUT2D eigenvalue weighted by Crippen LogP contribution is 2.30. The molecule has 174 valence electrons. The second-order valence-corrected chi connectivity index (χ2v) is 10.1. The van der Waals surface area contributed by atoms with Crippen LogP contribution in [0.15, 0.2) is 77.1 Å². The maximum atomic E-state index is 12.7. The number of nitrogens with one attached hydrogen (secondary N) is 2. The van der Waals surface area contributed by atoms with Gasteiger partial charge in [0, 0.05) is 4.88 Å². The summed E-state index contributed by atoms with van der Waals surface area (Å²) in [5.41, 5.74) is 3.21. The summed E-state index contributed by atoms with van der Waals surface area (Å²) in [5.74, 6) is -0.792. The largest absolute Gasteiger partial charge is 0.508 e. The number of aromatic nitrogens is 3. The van der Waals surface area contributed by atoms with Crippen molar-refractivity contribution >= 4 is 39.0 Å². The molecule has 4 N–H and O–H groups in total. The zero-order valence-corrected chi connectivity index (χ0v) is 19.1. The number of carbonyl (C=O) groups is 1. The number of rotatable bonds is 8.